The lowest BCUT2D eigenvalue weighted by atomic mass is 10.2. The molecule has 4 nitrogen and oxygen atoms in total. The molecule has 0 bridgehead atoms. The van der Waals surface area contributed by atoms with E-state index in [-0.39, 0.29) is 18.7 Å². The number of carbonyl (C=O) groups is 1. The lowest BCUT2D eigenvalue weighted by Crippen LogP contribution is -1.81. The molecule has 4 heteroatoms. The summed E-state index contributed by atoms with van der Waals surface area (Å²) in [5, 5.41) is 26.6. The fourth-order valence-electron chi connectivity index (χ4n) is 0.729. The molecule has 12 heavy (non-hydrogen) atoms. The number of rotatable bonds is 1. The van der Waals surface area contributed by atoms with Gasteiger partial charge in [-0.2, -0.15) is 0 Å². The van der Waals surface area contributed by atoms with Gasteiger partial charge in [-0.15, -0.1) is 0 Å². The van der Waals surface area contributed by atoms with Crippen molar-refractivity contribution in [1.29, 1.82) is 0 Å². The van der Waals surface area contributed by atoms with Gasteiger partial charge in [-0.3, -0.25) is 4.79 Å². The maximum Gasteiger partial charge on any atom is 0.157 e. The van der Waals surface area contributed by atoms with Gasteiger partial charge in [-0.05, 0) is 0 Å². The Morgan fingerprint density at radius 2 is 1.50 bits per heavy atom. The summed E-state index contributed by atoms with van der Waals surface area (Å²) in [5.74, 6) is -1.15. The fourth-order valence-corrected chi connectivity index (χ4v) is 0.729. The molecule has 1 rings (SSSR count). The second-order valence-corrected chi connectivity index (χ2v) is 2.02. The average molecular weight is 170 g/mol. The standard InChI is InChI=1S/C7H6O4.CH4/c8-3-5-6(10)1-4(9)2-7(5)11;/h1-3,9-11H;1H4. The third-order valence-electron chi connectivity index (χ3n) is 1.24. The molecule has 0 aliphatic rings. The van der Waals surface area contributed by atoms with Crippen LogP contribution in [-0.4, -0.2) is 21.6 Å². The zero-order chi connectivity index (χ0) is 8.43. The van der Waals surface area contributed by atoms with E-state index in [1.54, 1.807) is 0 Å². The Hall–Kier alpha value is -1.71. The van der Waals surface area contributed by atoms with Crippen LogP contribution in [0.25, 0.3) is 0 Å². The van der Waals surface area contributed by atoms with Crippen LogP contribution in [-0.2, 0) is 0 Å². The third kappa shape index (κ3) is 1.66. The molecular weight excluding hydrogens is 160 g/mol. The number of aldehydes is 1. The summed E-state index contributed by atoms with van der Waals surface area (Å²) in [6, 6.07) is 1.95. The fraction of sp³-hybridized carbons (Fsp3) is 0.125. The van der Waals surface area contributed by atoms with Crippen molar-refractivity contribution in [2.24, 2.45) is 0 Å². The maximum absolute atomic E-state index is 10.2. The number of hydrogen-bond donors (Lipinski definition) is 3. The van der Waals surface area contributed by atoms with E-state index in [0.29, 0.717) is 6.29 Å². The summed E-state index contributed by atoms with van der Waals surface area (Å²) < 4.78 is 0. The molecule has 1 aromatic rings. The minimum absolute atomic E-state index is 0. The van der Waals surface area contributed by atoms with Crippen molar-refractivity contribution in [2.45, 2.75) is 7.43 Å². The number of aromatic hydroxyl groups is 3. The molecule has 0 aliphatic carbocycles. The first-order valence-electron chi connectivity index (χ1n) is 2.85. The number of phenolic OH excluding ortho intramolecular Hbond substituents is 3. The molecule has 0 unspecified atom stereocenters. The van der Waals surface area contributed by atoms with Crippen LogP contribution in [0.3, 0.4) is 0 Å². The Kier molecular flexibility index (Phi) is 3.10. The van der Waals surface area contributed by atoms with E-state index < -0.39 is 11.5 Å². The topological polar surface area (TPSA) is 77.8 Å². The molecule has 0 heterocycles. The molecule has 0 fully saturated rings. The lowest BCUT2D eigenvalue weighted by molar-refractivity contribution is 0.111. The van der Waals surface area contributed by atoms with Gasteiger partial charge < -0.3 is 15.3 Å². The lowest BCUT2D eigenvalue weighted by Gasteiger charge is -2.00. The third-order valence-corrected chi connectivity index (χ3v) is 1.24. The molecule has 0 atom stereocenters. The van der Waals surface area contributed by atoms with Crippen molar-refractivity contribution in [3.63, 3.8) is 0 Å². The summed E-state index contributed by atoms with van der Waals surface area (Å²) in [6.07, 6.45) is 0.310. The highest BCUT2D eigenvalue weighted by molar-refractivity contribution is 5.83. The molecule has 3 N–H and O–H groups in total. The maximum atomic E-state index is 10.2. The molecule has 0 aromatic heterocycles. The van der Waals surface area contributed by atoms with Crippen molar-refractivity contribution in [3.8, 4) is 17.2 Å². The first-order valence-corrected chi connectivity index (χ1v) is 2.85. The number of benzene rings is 1. The van der Waals surface area contributed by atoms with Gasteiger partial charge in [0.1, 0.15) is 17.2 Å². The normalized spacial score (nSPS) is 8.67. The number of hydrogen-bond acceptors (Lipinski definition) is 4. The van der Waals surface area contributed by atoms with E-state index in [0.717, 1.165) is 12.1 Å². The van der Waals surface area contributed by atoms with Crippen LogP contribution in [0.4, 0.5) is 0 Å². The Labute approximate surface area is 69.7 Å². The van der Waals surface area contributed by atoms with Gasteiger partial charge in [0.2, 0.25) is 0 Å². The van der Waals surface area contributed by atoms with Gasteiger partial charge in [0, 0.05) is 12.1 Å². The monoisotopic (exact) mass is 170 g/mol. The van der Waals surface area contributed by atoms with Gasteiger partial charge >= 0.3 is 0 Å². The molecule has 0 radical (unpaired) electrons. The highest BCUT2D eigenvalue weighted by Crippen LogP contribution is 2.29. The van der Waals surface area contributed by atoms with Crippen LogP contribution < -0.4 is 0 Å². The van der Waals surface area contributed by atoms with Crippen molar-refractivity contribution in [1.82, 2.24) is 0 Å². The van der Waals surface area contributed by atoms with Crippen LogP contribution in [0.5, 0.6) is 17.2 Å². The van der Waals surface area contributed by atoms with Gasteiger partial charge in [-0.1, -0.05) is 7.43 Å². The van der Waals surface area contributed by atoms with Crippen LogP contribution in [0, 0.1) is 0 Å². The van der Waals surface area contributed by atoms with Crippen molar-refractivity contribution >= 4 is 6.29 Å². The van der Waals surface area contributed by atoms with E-state index in [2.05, 4.69) is 0 Å². The van der Waals surface area contributed by atoms with Crippen molar-refractivity contribution in [2.75, 3.05) is 0 Å². The Balaban J connectivity index is 0.00000121. The molecule has 0 saturated carbocycles. The highest BCUT2D eigenvalue weighted by Gasteiger charge is 2.07. The summed E-state index contributed by atoms with van der Waals surface area (Å²) in [4.78, 5) is 10.2. The van der Waals surface area contributed by atoms with E-state index in [4.69, 9.17) is 15.3 Å². The van der Waals surface area contributed by atoms with Crippen molar-refractivity contribution in [3.05, 3.63) is 17.7 Å². The van der Waals surface area contributed by atoms with Crippen LogP contribution in [0.1, 0.15) is 17.8 Å². The first-order chi connectivity index (χ1) is 5.15. The van der Waals surface area contributed by atoms with Crippen molar-refractivity contribution < 1.29 is 20.1 Å². The molecule has 66 valence electrons. The van der Waals surface area contributed by atoms with Gasteiger partial charge in [0.15, 0.2) is 6.29 Å². The summed E-state index contributed by atoms with van der Waals surface area (Å²) >= 11 is 0. The predicted octanol–water partition coefficient (Wildman–Crippen LogP) is 1.25. The van der Waals surface area contributed by atoms with Gasteiger partial charge in [0.25, 0.3) is 0 Å². The van der Waals surface area contributed by atoms with Gasteiger partial charge in [0.05, 0.1) is 5.56 Å². The highest BCUT2D eigenvalue weighted by atomic mass is 16.3. The van der Waals surface area contributed by atoms with Crippen LogP contribution in [0.15, 0.2) is 12.1 Å². The zero-order valence-electron chi connectivity index (χ0n) is 5.48. The number of phenols is 3. The SMILES string of the molecule is C.O=Cc1c(O)cc(O)cc1O. The quantitative estimate of drug-likeness (QED) is 0.554. The predicted molar refractivity (Wildman–Crippen MR) is 43.6 cm³/mol. The Bertz CT molecular complexity index is 270. The van der Waals surface area contributed by atoms with E-state index in [1.807, 2.05) is 0 Å². The summed E-state index contributed by atoms with van der Waals surface area (Å²) in [7, 11) is 0. The summed E-state index contributed by atoms with van der Waals surface area (Å²) in [5.41, 5.74) is -0.220. The van der Waals surface area contributed by atoms with Crippen LogP contribution in [0.2, 0.25) is 0 Å². The van der Waals surface area contributed by atoms with E-state index >= 15 is 0 Å². The molecule has 0 spiro atoms. The minimum Gasteiger partial charge on any atom is -0.508 e. The molecule has 0 amide bonds. The first kappa shape index (κ1) is 10.3. The minimum atomic E-state index is -0.433. The largest absolute Gasteiger partial charge is 0.508 e. The summed E-state index contributed by atoms with van der Waals surface area (Å²) in [6.45, 7) is 0. The molecule has 0 saturated heterocycles. The smallest absolute Gasteiger partial charge is 0.157 e. The Morgan fingerprint density at radius 3 is 1.83 bits per heavy atom. The second kappa shape index (κ2) is 3.61. The Morgan fingerprint density at radius 1 is 1.08 bits per heavy atom. The molecule has 0 aliphatic heterocycles. The van der Waals surface area contributed by atoms with Crippen LogP contribution >= 0.6 is 0 Å². The number of carbonyl (C=O) groups excluding carboxylic acids is 1. The van der Waals surface area contributed by atoms with Gasteiger partial charge in [-0.25, -0.2) is 0 Å². The second-order valence-electron chi connectivity index (χ2n) is 2.02. The van der Waals surface area contributed by atoms with E-state index in [9.17, 15) is 4.79 Å². The average Bonchev–Trinajstić information content (AvgIpc) is 1.85. The van der Waals surface area contributed by atoms with E-state index in [1.165, 1.54) is 0 Å². The molecule has 1 aromatic carbocycles. The molecular formula is C8H10O4. The zero-order valence-corrected chi connectivity index (χ0v) is 5.48.